The maximum absolute atomic E-state index is 13.9. The average Bonchev–Trinajstić information content (AvgIpc) is 3.10. The Morgan fingerprint density at radius 3 is 2.23 bits per heavy atom. The van der Waals surface area contributed by atoms with E-state index in [0.29, 0.717) is 33.6 Å². The Hall–Kier alpha value is -4.52. The highest BCUT2D eigenvalue weighted by atomic mass is 16.5. The van der Waals surface area contributed by atoms with Gasteiger partial charge in [-0.25, -0.2) is 9.48 Å². The molecule has 0 saturated carbocycles. The lowest BCUT2D eigenvalue weighted by atomic mass is 9.85. The molecule has 0 radical (unpaired) electrons. The molecule has 0 aliphatic heterocycles. The third-order valence-corrected chi connectivity index (χ3v) is 6.45. The molecule has 2 heterocycles. The predicted molar refractivity (Wildman–Crippen MR) is 134 cm³/mol. The minimum Gasteiger partial charge on any atom is -0.507 e. The molecule has 0 aliphatic rings. The van der Waals surface area contributed by atoms with Crippen molar-refractivity contribution >= 4 is 11.0 Å². The molecule has 0 unspecified atom stereocenters. The molecule has 2 aromatic heterocycles. The molecule has 1 atom stereocenters. The van der Waals surface area contributed by atoms with Gasteiger partial charge in [0.25, 0.3) is 5.56 Å². The summed E-state index contributed by atoms with van der Waals surface area (Å²) < 4.78 is 14.2. The second kappa shape index (κ2) is 8.68. The summed E-state index contributed by atoms with van der Waals surface area (Å²) in [5, 5.41) is 11.7. The SMILES string of the molecule is COc1ccc([C@H](c2c(O)c3ccccc3oc2=O)c2c(C)n(C)n(-c3ccccc3)c2=O)cc1. The third-order valence-electron chi connectivity index (χ3n) is 6.45. The van der Waals surface area contributed by atoms with Crippen LogP contribution in [0.3, 0.4) is 0 Å². The van der Waals surface area contributed by atoms with Crippen molar-refractivity contribution in [2.24, 2.45) is 7.05 Å². The monoisotopic (exact) mass is 468 g/mol. The molecule has 176 valence electrons. The van der Waals surface area contributed by atoms with E-state index < -0.39 is 11.5 Å². The molecule has 0 fully saturated rings. The van der Waals surface area contributed by atoms with Gasteiger partial charge in [0.2, 0.25) is 0 Å². The lowest BCUT2D eigenvalue weighted by Gasteiger charge is -2.18. The van der Waals surface area contributed by atoms with Crippen LogP contribution in [0.4, 0.5) is 0 Å². The fraction of sp³-hybridized carbons (Fsp3) is 0.143. The van der Waals surface area contributed by atoms with Gasteiger partial charge >= 0.3 is 5.63 Å². The maximum atomic E-state index is 13.9. The molecule has 0 bridgehead atoms. The van der Waals surface area contributed by atoms with Crippen LogP contribution in [0.25, 0.3) is 16.7 Å². The second-order valence-corrected chi connectivity index (χ2v) is 8.33. The molecule has 5 rings (SSSR count). The zero-order valence-electron chi connectivity index (χ0n) is 19.6. The topological polar surface area (TPSA) is 86.6 Å². The van der Waals surface area contributed by atoms with Gasteiger partial charge in [-0.3, -0.25) is 9.48 Å². The zero-order chi connectivity index (χ0) is 24.7. The van der Waals surface area contributed by atoms with E-state index in [1.54, 1.807) is 72.1 Å². The fourth-order valence-electron chi connectivity index (χ4n) is 4.60. The summed E-state index contributed by atoms with van der Waals surface area (Å²) in [6.45, 7) is 1.83. The Morgan fingerprint density at radius 1 is 0.886 bits per heavy atom. The van der Waals surface area contributed by atoms with Crippen LogP contribution in [-0.2, 0) is 7.05 Å². The van der Waals surface area contributed by atoms with E-state index in [-0.39, 0.29) is 22.5 Å². The standard InChI is InChI=1S/C28H24N2O5/c1-17-23(27(32)30(29(17)2)19-9-5-4-6-10-19)24(18-13-15-20(34-3)16-14-18)25-26(31)21-11-7-8-12-22(21)35-28(25)33/h4-16,24,31H,1-3H3/t24-/m0/s1. The predicted octanol–water partition coefficient (Wildman–Crippen LogP) is 4.49. The Balaban J connectivity index is 1.85. The van der Waals surface area contributed by atoms with Crippen LogP contribution in [0.15, 0.2) is 92.9 Å². The van der Waals surface area contributed by atoms with Crippen LogP contribution in [0.2, 0.25) is 0 Å². The highest BCUT2D eigenvalue weighted by Crippen LogP contribution is 2.39. The number of aromatic nitrogens is 2. The quantitative estimate of drug-likeness (QED) is 0.384. The van der Waals surface area contributed by atoms with E-state index in [2.05, 4.69) is 0 Å². The molecule has 1 N–H and O–H groups in total. The number of ether oxygens (including phenoxy) is 1. The Morgan fingerprint density at radius 2 is 1.54 bits per heavy atom. The van der Waals surface area contributed by atoms with Crippen molar-refractivity contribution in [3.8, 4) is 17.2 Å². The van der Waals surface area contributed by atoms with E-state index >= 15 is 0 Å². The molecular formula is C28H24N2O5. The molecule has 7 nitrogen and oxygen atoms in total. The first-order valence-corrected chi connectivity index (χ1v) is 11.1. The maximum Gasteiger partial charge on any atom is 0.344 e. The van der Waals surface area contributed by atoms with Gasteiger partial charge in [0.05, 0.1) is 35.2 Å². The van der Waals surface area contributed by atoms with Gasteiger partial charge in [0.1, 0.15) is 17.1 Å². The summed E-state index contributed by atoms with van der Waals surface area (Å²) in [4.78, 5) is 27.2. The lowest BCUT2D eigenvalue weighted by molar-refractivity contribution is 0.414. The molecule has 5 aromatic rings. The minimum absolute atomic E-state index is 0.0138. The van der Waals surface area contributed by atoms with Gasteiger partial charge in [0, 0.05) is 12.7 Å². The molecule has 0 saturated heterocycles. The summed E-state index contributed by atoms with van der Waals surface area (Å²) in [7, 11) is 3.36. The van der Waals surface area contributed by atoms with Crippen LogP contribution in [0.5, 0.6) is 11.5 Å². The molecule has 0 amide bonds. The van der Waals surface area contributed by atoms with Crippen LogP contribution in [-0.4, -0.2) is 21.6 Å². The van der Waals surface area contributed by atoms with Crippen molar-refractivity contribution < 1.29 is 14.3 Å². The summed E-state index contributed by atoms with van der Waals surface area (Å²) >= 11 is 0. The molecule has 3 aromatic carbocycles. The normalized spacial score (nSPS) is 12.1. The van der Waals surface area contributed by atoms with Gasteiger partial charge in [0.15, 0.2) is 0 Å². The van der Waals surface area contributed by atoms with Crippen molar-refractivity contribution in [2.75, 3.05) is 7.11 Å². The number of hydrogen-bond donors (Lipinski definition) is 1. The molecule has 0 spiro atoms. The fourth-order valence-corrected chi connectivity index (χ4v) is 4.60. The van der Waals surface area contributed by atoms with Crippen molar-refractivity contribution in [3.05, 3.63) is 122 Å². The highest BCUT2D eigenvalue weighted by Gasteiger charge is 2.32. The number of nitrogens with zero attached hydrogens (tertiary/aromatic N) is 2. The number of aromatic hydroxyl groups is 1. The van der Waals surface area contributed by atoms with Crippen LogP contribution in [0, 0.1) is 6.92 Å². The molecular weight excluding hydrogens is 444 g/mol. The smallest absolute Gasteiger partial charge is 0.344 e. The lowest BCUT2D eigenvalue weighted by Crippen LogP contribution is -2.24. The zero-order valence-corrected chi connectivity index (χ0v) is 19.6. The second-order valence-electron chi connectivity index (χ2n) is 8.33. The summed E-state index contributed by atoms with van der Waals surface area (Å²) in [5.74, 6) is -0.439. The first-order valence-electron chi connectivity index (χ1n) is 11.1. The molecule has 0 aliphatic carbocycles. The number of methoxy groups -OCH3 is 1. The van der Waals surface area contributed by atoms with Gasteiger partial charge < -0.3 is 14.3 Å². The molecule has 7 heteroatoms. The van der Waals surface area contributed by atoms with E-state index in [0.717, 1.165) is 0 Å². The average molecular weight is 469 g/mol. The van der Waals surface area contributed by atoms with E-state index in [1.165, 1.54) is 0 Å². The van der Waals surface area contributed by atoms with E-state index in [4.69, 9.17) is 9.15 Å². The Labute approximate surface area is 201 Å². The first-order chi connectivity index (χ1) is 16.9. The van der Waals surface area contributed by atoms with Crippen molar-refractivity contribution in [1.29, 1.82) is 0 Å². The van der Waals surface area contributed by atoms with Gasteiger partial charge in [-0.2, -0.15) is 0 Å². The first kappa shape index (κ1) is 22.3. The number of rotatable bonds is 5. The largest absolute Gasteiger partial charge is 0.507 e. The third kappa shape index (κ3) is 3.61. The van der Waals surface area contributed by atoms with Crippen molar-refractivity contribution in [1.82, 2.24) is 9.36 Å². The molecule has 35 heavy (non-hydrogen) atoms. The highest BCUT2D eigenvalue weighted by molar-refractivity contribution is 5.84. The minimum atomic E-state index is -0.870. The van der Waals surface area contributed by atoms with E-state index in [1.807, 2.05) is 37.3 Å². The van der Waals surface area contributed by atoms with E-state index in [9.17, 15) is 14.7 Å². The van der Waals surface area contributed by atoms with Crippen molar-refractivity contribution in [3.63, 3.8) is 0 Å². The van der Waals surface area contributed by atoms with Gasteiger partial charge in [-0.05, 0) is 48.9 Å². The summed E-state index contributed by atoms with van der Waals surface area (Å²) in [5.41, 5.74) is 1.68. The number of para-hydroxylation sites is 2. The van der Waals surface area contributed by atoms with Crippen molar-refractivity contribution in [2.45, 2.75) is 12.8 Å². The van der Waals surface area contributed by atoms with Crippen LogP contribution < -0.4 is 15.9 Å². The van der Waals surface area contributed by atoms with Gasteiger partial charge in [-0.15, -0.1) is 0 Å². The Bertz CT molecular complexity index is 1640. The van der Waals surface area contributed by atoms with Crippen LogP contribution >= 0.6 is 0 Å². The summed E-state index contributed by atoms with van der Waals surface area (Å²) in [6, 6.07) is 23.2. The Kier molecular flexibility index (Phi) is 5.53. The number of hydrogen-bond acceptors (Lipinski definition) is 5. The number of benzene rings is 3. The van der Waals surface area contributed by atoms with Crippen LogP contribution in [0.1, 0.15) is 28.3 Å². The van der Waals surface area contributed by atoms with Gasteiger partial charge in [-0.1, -0.05) is 42.5 Å². The summed E-state index contributed by atoms with van der Waals surface area (Å²) in [6.07, 6.45) is 0. The number of fused-ring (bicyclic) bond motifs is 1.